The summed E-state index contributed by atoms with van der Waals surface area (Å²) in [4.78, 5) is 107. The number of aromatic nitrogens is 5. The molecule has 1 saturated carbocycles. The molecule has 9 rings (SSSR count). The topological polar surface area (TPSA) is 394 Å². The van der Waals surface area contributed by atoms with Crippen molar-refractivity contribution in [2.45, 2.75) is 194 Å². The highest BCUT2D eigenvalue weighted by molar-refractivity contribution is 6.39. The molecule has 3 fully saturated rings. The van der Waals surface area contributed by atoms with Gasteiger partial charge in [0.15, 0.2) is 11.2 Å². The number of nitrogens with zero attached hydrogens (tertiary/aromatic N) is 8. The number of aliphatic hydroxyl groups excluding tert-OH is 1. The van der Waals surface area contributed by atoms with E-state index in [-0.39, 0.29) is 67.5 Å². The third kappa shape index (κ3) is 29.7. The Morgan fingerprint density at radius 1 is 0.739 bits per heavy atom. The Morgan fingerprint density at radius 2 is 1.40 bits per heavy atom. The van der Waals surface area contributed by atoms with E-state index in [1.807, 2.05) is 78.9 Å². The molecule has 3 aromatic heterocycles. The number of oxazole rings is 1. The number of ketones is 3. The number of Topliss-reactive ketones (excluding diaryl/α,β-unsaturated/α-hetero) is 3. The summed E-state index contributed by atoms with van der Waals surface area (Å²) in [6, 6.07) is 12.3. The van der Waals surface area contributed by atoms with Gasteiger partial charge in [0.1, 0.15) is 47.6 Å². The Kier molecular flexibility index (Phi) is 39.7. The molecule has 0 spiro atoms. The average molecular weight is 1660 g/mol. The van der Waals surface area contributed by atoms with Crippen molar-refractivity contribution >= 4 is 69.6 Å². The molecule has 119 heavy (non-hydrogen) atoms. The number of carbonyl (C=O) groups is 6. The summed E-state index contributed by atoms with van der Waals surface area (Å²) in [7, 11) is 1.59. The number of piperidine rings is 1. The smallest absolute Gasteiger partial charge is 0.295 e. The van der Waals surface area contributed by atoms with Crippen molar-refractivity contribution in [2.24, 2.45) is 34.8 Å². The number of rotatable bonds is 55. The lowest BCUT2D eigenvalue weighted by atomic mass is 9.82. The van der Waals surface area contributed by atoms with Gasteiger partial charge in [-0.25, -0.2) is 14.6 Å². The SMILES string of the molecule is COC(CC1CC[C@@H](C)C(N=O)(C(=O)C(=O)N2CCCCC2)O1)/C(C)=C/C=C/C=C/C(C)CC(C)C(=O)CC(O)/C(C)=C/C(C)C(=O)CC(CCC1CCC(NCCOCCOCCOCCOCCOCCOCCOCCOCC(=O)N2CCc3cc(Cn4nc(-c5ccc6oc(N)nc6c5)c5c(N)ncnc54)ccc3C2)CC1)OC=O. The zero-order valence-electron chi connectivity index (χ0n) is 70.7. The van der Waals surface area contributed by atoms with Crippen molar-refractivity contribution < 1.29 is 90.4 Å². The molecule has 1 aliphatic carbocycles. The first kappa shape index (κ1) is 94.4. The highest BCUT2D eigenvalue weighted by Crippen LogP contribution is 2.40. The summed E-state index contributed by atoms with van der Waals surface area (Å²) in [5.41, 5.74) is 18.1. The van der Waals surface area contributed by atoms with E-state index in [1.165, 1.54) is 16.8 Å². The molecule has 31 nitrogen and oxygen atoms in total. The van der Waals surface area contributed by atoms with E-state index in [4.69, 9.17) is 73.1 Å². The fourth-order valence-electron chi connectivity index (χ4n) is 15.7. The van der Waals surface area contributed by atoms with Crippen LogP contribution in [0.3, 0.4) is 0 Å². The van der Waals surface area contributed by atoms with Crippen molar-refractivity contribution in [1.82, 2.24) is 39.8 Å². The van der Waals surface area contributed by atoms with Crippen molar-refractivity contribution in [3.8, 4) is 11.3 Å². The van der Waals surface area contributed by atoms with Crippen LogP contribution in [0.15, 0.2) is 99.9 Å². The highest BCUT2D eigenvalue weighted by Gasteiger charge is 2.55. The van der Waals surface area contributed by atoms with Crippen LogP contribution < -0.4 is 16.8 Å². The molecular weight excluding hydrogens is 1530 g/mol. The zero-order chi connectivity index (χ0) is 84.9. The molecule has 6 N–H and O–H groups in total. The second-order valence-electron chi connectivity index (χ2n) is 31.8. The first-order chi connectivity index (χ1) is 57.7. The molecule has 0 radical (unpaired) electrons. The molecule has 31 heteroatoms. The third-order valence-electron chi connectivity index (χ3n) is 22.9. The van der Waals surface area contributed by atoms with Gasteiger partial charge in [0.05, 0.1) is 129 Å². The monoisotopic (exact) mass is 1660 g/mol. The highest BCUT2D eigenvalue weighted by atomic mass is 16.6. The summed E-state index contributed by atoms with van der Waals surface area (Å²) in [5, 5.41) is 23.5. The number of aliphatic hydroxyl groups is 1. The molecule has 2 amide bonds. The van der Waals surface area contributed by atoms with Crippen LogP contribution in [0.25, 0.3) is 33.4 Å². The van der Waals surface area contributed by atoms with E-state index in [2.05, 4.69) is 37.6 Å². The minimum Gasteiger partial charge on any atom is -0.464 e. The number of nitrogen functional groups attached to an aromatic ring is 2. The Hall–Kier alpha value is -8.44. The molecule has 654 valence electrons. The summed E-state index contributed by atoms with van der Waals surface area (Å²) < 4.78 is 69.8. The van der Waals surface area contributed by atoms with Crippen molar-refractivity contribution in [3.63, 3.8) is 0 Å². The van der Waals surface area contributed by atoms with Gasteiger partial charge in [-0.15, -0.1) is 4.91 Å². The van der Waals surface area contributed by atoms with Crippen molar-refractivity contribution in [2.75, 3.05) is 150 Å². The van der Waals surface area contributed by atoms with Crippen molar-refractivity contribution in [1.29, 1.82) is 0 Å². The molecule has 4 aliphatic rings. The maximum absolute atomic E-state index is 13.5. The van der Waals surface area contributed by atoms with Crippen LogP contribution in [0.4, 0.5) is 11.8 Å². The molecule has 2 saturated heterocycles. The number of methoxy groups -OCH3 is 1. The van der Waals surface area contributed by atoms with Crippen LogP contribution in [0.5, 0.6) is 0 Å². The lowest BCUT2D eigenvalue weighted by Crippen LogP contribution is -2.57. The number of hydrogen-bond donors (Lipinski definition) is 4. The van der Waals surface area contributed by atoms with Gasteiger partial charge in [0, 0.05) is 88.5 Å². The maximum atomic E-state index is 13.5. The zero-order valence-corrected chi connectivity index (χ0v) is 70.7. The number of nitroso groups, excluding NO2 is 1. The number of nitrogens with one attached hydrogen (secondary N) is 1. The number of carbonyl (C=O) groups excluding carboxylic acids is 6. The molecule has 5 aromatic rings. The molecule has 2 aromatic carbocycles. The van der Waals surface area contributed by atoms with Crippen LogP contribution in [0, 0.1) is 34.5 Å². The molecule has 9 atom stereocenters. The van der Waals surface area contributed by atoms with Gasteiger partial charge in [-0.3, -0.25) is 28.8 Å². The fourth-order valence-corrected chi connectivity index (χ4v) is 15.7. The van der Waals surface area contributed by atoms with Gasteiger partial charge in [0.2, 0.25) is 5.91 Å². The molecule has 6 heterocycles. The number of likely N-dealkylation sites (tertiary alicyclic amines) is 1. The van der Waals surface area contributed by atoms with Crippen LogP contribution in [0.2, 0.25) is 0 Å². The first-order valence-electron chi connectivity index (χ1n) is 42.5. The van der Waals surface area contributed by atoms with E-state index < -0.39 is 47.6 Å². The second kappa shape index (κ2) is 50.1. The lowest BCUT2D eigenvalue weighted by Gasteiger charge is -2.40. The number of hydrogen-bond acceptors (Lipinski definition) is 28. The molecule has 8 unspecified atom stereocenters. The first-order valence-corrected chi connectivity index (χ1v) is 42.5. The molecular formula is C88H127N11O20. The van der Waals surface area contributed by atoms with Gasteiger partial charge in [-0.2, -0.15) is 10.1 Å². The van der Waals surface area contributed by atoms with Gasteiger partial charge < -0.3 is 88.2 Å². The minimum atomic E-state index is -2.06. The summed E-state index contributed by atoms with van der Waals surface area (Å²) in [6.07, 6.45) is 21.2. The Morgan fingerprint density at radius 3 is 2.06 bits per heavy atom. The third-order valence-corrected chi connectivity index (χ3v) is 22.9. The number of benzene rings is 2. The van der Waals surface area contributed by atoms with Gasteiger partial charge in [-0.05, 0) is 160 Å². The predicted octanol–water partition coefficient (Wildman–Crippen LogP) is 10.2. The van der Waals surface area contributed by atoms with Gasteiger partial charge >= 0.3 is 0 Å². The molecule has 0 bridgehead atoms. The predicted molar refractivity (Wildman–Crippen MR) is 448 cm³/mol. The standard InChI is InChI=1S/C88H127N11O20/c1-60(14-10-8-11-15-61(2)79(108-7)53-73-25-16-65(6)88(96-107,119-73)83(105)86(106)97-30-12-9-13-31-97)48-62(3)76(102)54-77(103)64(5)49-63(4)75(101)52-72(117-59-100)26-20-66-18-23-71(24-19-66)91-29-33-109-34-35-110-36-37-111-38-39-112-40-41-113-42-43-114-44-45-115-46-47-116-57-80(104)98-32-28-68-50-67(17-21-70(68)56-98)55-99-85-81(84(89)92-58-93-85)82(95-99)69-22-27-78-74(51-69)94-87(90)118-78/h8,10-11,14-15,17,21-22,27,49-51,58-60,62-63,65-66,71-73,77,79,91,103H,9,12-13,16,18-20,23-26,28-48,52-57H2,1-7H3,(H2,90,94)(H2,89,92,93)/b11-8+,14-10+,61-15+,64-49+/t60?,62?,63?,65-,66?,71?,72?,73?,77?,79?,88?/m1/s1. The Bertz CT molecular complexity index is 4150. The van der Waals surface area contributed by atoms with E-state index in [1.54, 1.807) is 40.0 Å². The van der Waals surface area contributed by atoms with Crippen molar-refractivity contribution in [3.05, 3.63) is 112 Å². The number of nitrogens with two attached hydrogens (primary N) is 2. The van der Waals surface area contributed by atoms with E-state index in [0.717, 1.165) is 80.2 Å². The fraction of sp³-hybridized carbons (Fsp3) is 0.636. The van der Waals surface area contributed by atoms with Crippen LogP contribution >= 0.6 is 0 Å². The largest absolute Gasteiger partial charge is 0.464 e. The van der Waals surface area contributed by atoms with E-state index >= 15 is 0 Å². The number of ether oxygens (including phenoxy) is 11. The Balaban J connectivity index is 0.511. The van der Waals surface area contributed by atoms with E-state index in [0.29, 0.717) is 221 Å². The van der Waals surface area contributed by atoms with Gasteiger partial charge in [0.25, 0.3) is 29.9 Å². The van der Waals surface area contributed by atoms with Crippen LogP contribution in [0.1, 0.15) is 155 Å². The normalized spacial score (nSPS) is 20.4. The van der Waals surface area contributed by atoms with Crippen LogP contribution in [-0.2, 0) is 100 Å². The summed E-state index contributed by atoms with van der Waals surface area (Å²) in [6.45, 7) is 21.2. The number of anilines is 2. The average Bonchev–Trinajstić information content (AvgIpc) is 1.76. The van der Waals surface area contributed by atoms with Gasteiger partial charge in [-0.1, -0.05) is 82.4 Å². The summed E-state index contributed by atoms with van der Waals surface area (Å²) >= 11 is 0. The quantitative estimate of drug-likeness (QED) is 0.00702. The molecule has 3 aliphatic heterocycles. The number of allylic oxidation sites excluding steroid dienone is 6. The lowest BCUT2D eigenvalue weighted by molar-refractivity contribution is -0.185. The maximum Gasteiger partial charge on any atom is 0.295 e. The van der Waals surface area contributed by atoms with Crippen LogP contribution in [-0.4, -0.2) is 250 Å². The second-order valence-corrected chi connectivity index (χ2v) is 31.8. The number of fused-ring (bicyclic) bond motifs is 3. The van der Waals surface area contributed by atoms with E-state index in [9.17, 15) is 38.8 Å². The minimum absolute atomic E-state index is 0.0245. The Labute approximate surface area is 698 Å². The number of amides is 2. The summed E-state index contributed by atoms with van der Waals surface area (Å²) in [5.74, 6) is -2.40.